The first-order valence-electron chi connectivity index (χ1n) is 9.02. The first kappa shape index (κ1) is 23.0. The minimum Gasteiger partial charge on any atom is -0.479 e. The molecule has 1 fully saturated rings. The van der Waals surface area contributed by atoms with E-state index in [2.05, 4.69) is 5.32 Å². The van der Waals surface area contributed by atoms with Crippen LogP contribution in [0.3, 0.4) is 0 Å². The Balaban J connectivity index is 2.31. The lowest BCUT2D eigenvalue weighted by atomic mass is 9.97. The molecular weight excluding hydrogens is 390 g/mol. The van der Waals surface area contributed by atoms with Crippen LogP contribution in [0.2, 0.25) is 5.02 Å². The van der Waals surface area contributed by atoms with Crippen molar-refractivity contribution in [3.8, 4) is 0 Å². The second-order valence-electron chi connectivity index (χ2n) is 8.03. The summed E-state index contributed by atoms with van der Waals surface area (Å²) in [6, 6.07) is 6.64. The zero-order valence-electron chi connectivity index (χ0n) is 16.2. The smallest absolute Gasteiger partial charge is 0.335 e. The molecule has 0 spiro atoms. The van der Waals surface area contributed by atoms with Crippen molar-refractivity contribution in [2.24, 2.45) is 0 Å². The number of benzene rings is 1. The summed E-state index contributed by atoms with van der Waals surface area (Å²) in [5, 5.41) is 43.2. The maximum absolute atomic E-state index is 11.3. The van der Waals surface area contributed by atoms with Crippen LogP contribution in [-0.4, -0.2) is 68.7 Å². The second-order valence-corrected chi connectivity index (χ2v) is 8.47. The summed E-state index contributed by atoms with van der Waals surface area (Å²) in [7, 11) is 0. The molecule has 1 aromatic rings. The van der Waals surface area contributed by atoms with Gasteiger partial charge in [-0.3, -0.25) is 0 Å². The van der Waals surface area contributed by atoms with E-state index in [1.54, 1.807) is 24.3 Å². The topological polar surface area (TPSA) is 128 Å². The Bertz CT molecular complexity index is 680. The Morgan fingerprint density at radius 1 is 1.21 bits per heavy atom. The lowest BCUT2D eigenvalue weighted by Crippen LogP contribution is -2.61. The molecule has 1 aromatic carbocycles. The summed E-state index contributed by atoms with van der Waals surface area (Å²) in [5.41, 5.74) is 0.422. The van der Waals surface area contributed by atoms with Gasteiger partial charge in [-0.25, -0.2) is 4.79 Å². The fourth-order valence-corrected chi connectivity index (χ4v) is 3.44. The van der Waals surface area contributed by atoms with Gasteiger partial charge in [-0.05, 0) is 45.4 Å². The first-order chi connectivity index (χ1) is 12.9. The van der Waals surface area contributed by atoms with E-state index in [-0.39, 0.29) is 11.6 Å². The molecule has 1 heterocycles. The van der Waals surface area contributed by atoms with Crippen LogP contribution in [0.15, 0.2) is 24.3 Å². The summed E-state index contributed by atoms with van der Waals surface area (Å²) < 4.78 is 11.2. The Kier molecular flexibility index (Phi) is 7.44. The molecule has 28 heavy (non-hydrogen) atoms. The Labute approximate surface area is 169 Å². The van der Waals surface area contributed by atoms with Crippen molar-refractivity contribution < 1.29 is 34.7 Å². The number of carboxylic acid groups (broad SMARTS) is 1. The van der Waals surface area contributed by atoms with Gasteiger partial charge in [-0.2, -0.15) is 0 Å². The molecule has 1 aliphatic rings. The van der Waals surface area contributed by atoms with E-state index in [9.17, 15) is 25.2 Å². The van der Waals surface area contributed by atoms with Crippen molar-refractivity contribution in [1.29, 1.82) is 0 Å². The van der Waals surface area contributed by atoms with Crippen molar-refractivity contribution in [1.82, 2.24) is 5.32 Å². The van der Waals surface area contributed by atoms with Gasteiger partial charge in [0.25, 0.3) is 0 Å². The number of hydrogen-bond acceptors (Lipinski definition) is 7. The first-order valence-corrected chi connectivity index (χ1v) is 9.39. The quantitative estimate of drug-likeness (QED) is 0.465. The molecule has 0 radical (unpaired) electrons. The third-order valence-corrected chi connectivity index (χ3v) is 4.62. The van der Waals surface area contributed by atoms with E-state index in [0.29, 0.717) is 10.6 Å². The van der Waals surface area contributed by atoms with Crippen molar-refractivity contribution in [3.63, 3.8) is 0 Å². The average Bonchev–Trinajstić information content (AvgIpc) is 2.57. The number of hydrogen-bond donors (Lipinski definition) is 5. The number of rotatable bonds is 6. The standard InChI is InChI=1S/C19H28ClNO7/c1-9(21-19(2,3)4)15(10-6-5-7-11(20)8-10)27-18-14(24)12(22)13(23)16(28-18)17(25)26/h5-9,12-16,18,21-24H,1-4H3,(H,25,26)/t9-,12?,13?,14?,15-,16?,18?/m1/s1. The molecule has 0 aliphatic carbocycles. The Morgan fingerprint density at radius 2 is 1.86 bits per heavy atom. The third-order valence-electron chi connectivity index (χ3n) is 4.39. The van der Waals surface area contributed by atoms with E-state index in [0.717, 1.165) is 0 Å². The molecule has 5 N–H and O–H groups in total. The fraction of sp³-hybridized carbons (Fsp3) is 0.632. The van der Waals surface area contributed by atoms with Gasteiger partial charge in [0.2, 0.25) is 0 Å². The van der Waals surface area contributed by atoms with Crippen molar-refractivity contribution in [2.45, 2.75) is 76.1 Å². The molecule has 2 rings (SSSR count). The Morgan fingerprint density at radius 3 is 2.39 bits per heavy atom. The van der Waals surface area contributed by atoms with Gasteiger partial charge >= 0.3 is 5.97 Å². The van der Waals surface area contributed by atoms with Gasteiger partial charge < -0.3 is 35.2 Å². The largest absolute Gasteiger partial charge is 0.479 e. The normalized spacial score (nSPS) is 30.6. The number of carboxylic acids is 1. The van der Waals surface area contributed by atoms with Crippen LogP contribution in [0, 0.1) is 0 Å². The number of ether oxygens (including phenoxy) is 2. The van der Waals surface area contributed by atoms with Gasteiger partial charge in [0.15, 0.2) is 12.4 Å². The SMILES string of the molecule is C[C@@H](NC(C)(C)C)[C@@H](OC1OC(C(=O)O)C(O)C(O)C1O)c1cccc(Cl)c1. The summed E-state index contributed by atoms with van der Waals surface area (Å²) >= 11 is 6.10. The highest BCUT2D eigenvalue weighted by atomic mass is 35.5. The predicted molar refractivity (Wildman–Crippen MR) is 102 cm³/mol. The minimum absolute atomic E-state index is 0.259. The Hall–Kier alpha value is -1.26. The van der Waals surface area contributed by atoms with E-state index in [1.165, 1.54) is 0 Å². The number of carbonyl (C=O) groups is 1. The third kappa shape index (κ3) is 5.64. The van der Waals surface area contributed by atoms with Gasteiger partial charge in [0.1, 0.15) is 24.4 Å². The van der Waals surface area contributed by atoms with Crippen LogP contribution in [0.25, 0.3) is 0 Å². The van der Waals surface area contributed by atoms with Crippen LogP contribution < -0.4 is 5.32 Å². The lowest BCUT2D eigenvalue weighted by Gasteiger charge is -2.41. The van der Waals surface area contributed by atoms with E-state index in [4.69, 9.17) is 21.1 Å². The molecule has 0 aromatic heterocycles. The van der Waals surface area contributed by atoms with Crippen LogP contribution in [0.4, 0.5) is 0 Å². The number of aliphatic hydroxyl groups is 3. The van der Waals surface area contributed by atoms with Crippen LogP contribution >= 0.6 is 11.6 Å². The molecule has 5 unspecified atom stereocenters. The monoisotopic (exact) mass is 417 g/mol. The maximum Gasteiger partial charge on any atom is 0.335 e. The molecule has 1 aliphatic heterocycles. The summed E-state index contributed by atoms with van der Waals surface area (Å²) in [5.74, 6) is -1.47. The molecule has 158 valence electrons. The number of aliphatic carboxylic acids is 1. The highest BCUT2D eigenvalue weighted by Crippen LogP contribution is 2.31. The van der Waals surface area contributed by atoms with Gasteiger partial charge in [0.05, 0.1) is 0 Å². The molecule has 9 heteroatoms. The highest BCUT2D eigenvalue weighted by molar-refractivity contribution is 6.30. The van der Waals surface area contributed by atoms with E-state index < -0.39 is 42.8 Å². The summed E-state index contributed by atoms with van der Waals surface area (Å²) in [6.07, 6.45) is -9.02. The van der Waals surface area contributed by atoms with Crippen LogP contribution in [0.1, 0.15) is 39.4 Å². The molecule has 8 nitrogen and oxygen atoms in total. The van der Waals surface area contributed by atoms with Crippen molar-refractivity contribution in [2.75, 3.05) is 0 Å². The highest BCUT2D eigenvalue weighted by Gasteiger charge is 2.48. The molecule has 0 saturated carbocycles. The van der Waals surface area contributed by atoms with E-state index >= 15 is 0 Å². The van der Waals surface area contributed by atoms with Gasteiger partial charge in [0, 0.05) is 16.6 Å². The zero-order chi connectivity index (χ0) is 21.2. The number of halogens is 1. The van der Waals surface area contributed by atoms with Crippen LogP contribution in [0.5, 0.6) is 0 Å². The van der Waals surface area contributed by atoms with Crippen LogP contribution in [-0.2, 0) is 14.3 Å². The predicted octanol–water partition coefficient (Wildman–Crippen LogP) is 1.07. The molecule has 7 atom stereocenters. The zero-order valence-corrected chi connectivity index (χ0v) is 17.0. The lowest BCUT2D eigenvalue weighted by molar-refractivity contribution is -0.307. The van der Waals surface area contributed by atoms with Crippen molar-refractivity contribution in [3.05, 3.63) is 34.9 Å². The van der Waals surface area contributed by atoms with Crippen molar-refractivity contribution >= 4 is 17.6 Å². The second kappa shape index (κ2) is 9.04. The molecule has 0 bridgehead atoms. The van der Waals surface area contributed by atoms with Gasteiger partial charge in [-0.1, -0.05) is 23.7 Å². The van der Waals surface area contributed by atoms with Gasteiger partial charge in [-0.15, -0.1) is 0 Å². The number of nitrogens with one attached hydrogen (secondary N) is 1. The number of aliphatic hydroxyl groups excluding tert-OH is 3. The minimum atomic E-state index is -1.78. The average molecular weight is 418 g/mol. The molecular formula is C19H28ClNO7. The molecule has 1 saturated heterocycles. The molecule has 0 amide bonds. The summed E-state index contributed by atoms with van der Waals surface area (Å²) in [6.45, 7) is 7.80. The van der Waals surface area contributed by atoms with E-state index in [1.807, 2.05) is 27.7 Å². The summed E-state index contributed by atoms with van der Waals surface area (Å²) in [4.78, 5) is 11.3. The maximum atomic E-state index is 11.3. The fourth-order valence-electron chi connectivity index (χ4n) is 3.24.